The van der Waals surface area contributed by atoms with Crippen molar-refractivity contribution in [2.24, 2.45) is 0 Å². The summed E-state index contributed by atoms with van der Waals surface area (Å²) in [7, 11) is -2.42. The van der Waals surface area contributed by atoms with Gasteiger partial charge < -0.3 is 19.1 Å². The van der Waals surface area contributed by atoms with Gasteiger partial charge in [-0.05, 0) is 55.7 Å². The summed E-state index contributed by atoms with van der Waals surface area (Å²) in [5.74, 6) is 1.40. The summed E-state index contributed by atoms with van der Waals surface area (Å²) in [5.41, 5.74) is 1.01. The second-order valence-corrected chi connectivity index (χ2v) is 10.0. The fourth-order valence-corrected chi connectivity index (χ4v) is 5.42. The number of rotatable bonds is 6. The molecule has 1 unspecified atom stereocenters. The number of ether oxygens (including phenoxy) is 3. The summed E-state index contributed by atoms with van der Waals surface area (Å²) in [6.07, 6.45) is 4.08. The second kappa shape index (κ2) is 10.0. The van der Waals surface area contributed by atoms with Crippen molar-refractivity contribution in [2.75, 3.05) is 33.4 Å². The maximum Gasteiger partial charge on any atom is 0.257 e. The molecule has 0 spiro atoms. The van der Waals surface area contributed by atoms with Gasteiger partial charge in [-0.25, -0.2) is 13.1 Å². The van der Waals surface area contributed by atoms with E-state index >= 15 is 0 Å². The van der Waals surface area contributed by atoms with Crippen molar-refractivity contribution in [3.05, 3.63) is 47.5 Å². The first-order valence-corrected chi connectivity index (χ1v) is 12.8. The maximum absolute atomic E-state index is 13.2. The number of nitrogens with one attached hydrogen (secondary N) is 1. The van der Waals surface area contributed by atoms with Crippen LogP contribution in [0.15, 0.2) is 41.3 Å². The van der Waals surface area contributed by atoms with Crippen LogP contribution in [-0.2, 0) is 10.0 Å². The lowest BCUT2D eigenvalue weighted by atomic mass is 10.1. The molecule has 1 N–H and O–H groups in total. The van der Waals surface area contributed by atoms with E-state index in [9.17, 15) is 13.2 Å². The zero-order valence-electron chi connectivity index (χ0n) is 19.0. The lowest BCUT2D eigenvalue weighted by Crippen LogP contribution is -2.32. The van der Waals surface area contributed by atoms with Gasteiger partial charge in [-0.3, -0.25) is 4.79 Å². The van der Waals surface area contributed by atoms with E-state index in [0.29, 0.717) is 43.6 Å². The number of hydrogen-bond acceptors (Lipinski definition) is 6. The van der Waals surface area contributed by atoms with E-state index in [1.807, 2.05) is 6.07 Å². The fourth-order valence-electron chi connectivity index (χ4n) is 4.16. The Morgan fingerprint density at radius 1 is 1.00 bits per heavy atom. The minimum atomic E-state index is -3.90. The number of benzene rings is 2. The normalized spacial score (nSPS) is 17.2. The topological polar surface area (TPSA) is 94.2 Å². The SMILES string of the molecule is COc1ccc(S(=O)(=O)NC(C)c2ccc3c(c2)OCCO3)cc1C(=O)N1CCCCCC1. The summed E-state index contributed by atoms with van der Waals surface area (Å²) in [6.45, 7) is 4.03. The highest BCUT2D eigenvalue weighted by atomic mass is 32.2. The number of hydrogen-bond donors (Lipinski definition) is 1. The van der Waals surface area contributed by atoms with Crippen LogP contribution >= 0.6 is 0 Å². The van der Waals surface area contributed by atoms with Gasteiger partial charge in [-0.1, -0.05) is 18.9 Å². The van der Waals surface area contributed by atoms with Crippen molar-refractivity contribution in [1.82, 2.24) is 9.62 Å². The third-order valence-corrected chi connectivity index (χ3v) is 7.54. The monoisotopic (exact) mass is 474 g/mol. The van der Waals surface area contributed by atoms with Crippen LogP contribution in [0.2, 0.25) is 0 Å². The van der Waals surface area contributed by atoms with Crippen LogP contribution < -0.4 is 18.9 Å². The van der Waals surface area contributed by atoms with E-state index in [1.54, 1.807) is 24.0 Å². The van der Waals surface area contributed by atoms with Crippen LogP contribution in [0.3, 0.4) is 0 Å². The van der Waals surface area contributed by atoms with Crippen LogP contribution in [-0.4, -0.2) is 52.6 Å². The summed E-state index contributed by atoms with van der Waals surface area (Å²) in [4.78, 5) is 15.0. The van der Waals surface area contributed by atoms with E-state index in [0.717, 1.165) is 31.2 Å². The molecular weight excluding hydrogens is 444 g/mol. The third kappa shape index (κ3) is 5.25. The first-order valence-electron chi connectivity index (χ1n) is 11.3. The molecule has 2 aromatic carbocycles. The predicted octanol–water partition coefficient (Wildman–Crippen LogP) is 3.52. The molecule has 2 heterocycles. The molecule has 0 radical (unpaired) electrons. The molecule has 4 rings (SSSR count). The van der Waals surface area contributed by atoms with Gasteiger partial charge in [0.25, 0.3) is 5.91 Å². The molecule has 0 bridgehead atoms. The second-order valence-electron chi connectivity index (χ2n) is 8.31. The highest BCUT2D eigenvalue weighted by molar-refractivity contribution is 7.89. The van der Waals surface area contributed by atoms with E-state index in [2.05, 4.69) is 4.72 Å². The van der Waals surface area contributed by atoms with Crippen molar-refractivity contribution < 1.29 is 27.4 Å². The Morgan fingerprint density at radius 2 is 1.70 bits per heavy atom. The third-order valence-electron chi connectivity index (χ3n) is 6.00. The smallest absolute Gasteiger partial charge is 0.257 e. The molecule has 1 saturated heterocycles. The highest BCUT2D eigenvalue weighted by Gasteiger charge is 2.25. The zero-order chi connectivity index (χ0) is 23.4. The van der Waals surface area contributed by atoms with Gasteiger partial charge in [-0.15, -0.1) is 0 Å². The summed E-state index contributed by atoms with van der Waals surface area (Å²) < 4.78 is 45.6. The van der Waals surface area contributed by atoms with Gasteiger partial charge in [0, 0.05) is 19.1 Å². The van der Waals surface area contributed by atoms with E-state index in [1.165, 1.54) is 25.3 Å². The Bertz CT molecular complexity index is 1110. The molecule has 33 heavy (non-hydrogen) atoms. The summed E-state index contributed by atoms with van der Waals surface area (Å²) >= 11 is 0. The minimum absolute atomic E-state index is 0.0193. The molecule has 2 aliphatic heterocycles. The molecule has 0 aliphatic carbocycles. The number of likely N-dealkylation sites (tertiary alicyclic amines) is 1. The summed E-state index contributed by atoms with van der Waals surface area (Å²) in [5, 5.41) is 0. The average molecular weight is 475 g/mol. The van der Waals surface area contributed by atoms with E-state index in [-0.39, 0.29) is 16.4 Å². The molecule has 0 aromatic heterocycles. The average Bonchev–Trinajstić information content (AvgIpc) is 3.12. The quantitative estimate of drug-likeness (QED) is 0.689. The molecule has 1 atom stereocenters. The van der Waals surface area contributed by atoms with Crippen molar-refractivity contribution in [3.63, 3.8) is 0 Å². The summed E-state index contributed by atoms with van der Waals surface area (Å²) in [6, 6.07) is 9.25. The fraction of sp³-hybridized carbons (Fsp3) is 0.458. The lowest BCUT2D eigenvalue weighted by Gasteiger charge is -2.22. The standard InChI is InChI=1S/C24H30N2O6S/c1-17(18-7-9-22-23(15-18)32-14-13-31-22)25-33(28,29)19-8-10-21(30-2)20(16-19)24(27)26-11-5-3-4-6-12-26/h7-10,15-17,25H,3-6,11-14H2,1-2H3. The van der Waals surface area contributed by atoms with Crippen molar-refractivity contribution in [3.8, 4) is 17.2 Å². The van der Waals surface area contributed by atoms with E-state index < -0.39 is 16.1 Å². The van der Waals surface area contributed by atoms with Crippen LogP contribution in [0.1, 0.15) is 54.6 Å². The number of nitrogens with zero attached hydrogens (tertiary/aromatic N) is 1. The predicted molar refractivity (Wildman–Crippen MR) is 124 cm³/mol. The molecule has 2 aromatic rings. The Hall–Kier alpha value is -2.78. The maximum atomic E-state index is 13.2. The molecule has 1 fully saturated rings. The number of sulfonamides is 1. The first kappa shape index (κ1) is 23.4. The highest BCUT2D eigenvalue weighted by Crippen LogP contribution is 2.33. The van der Waals surface area contributed by atoms with Gasteiger partial charge in [0.1, 0.15) is 19.0 Å². The van der Waals surface area contributed by atoms with Crippen LogP contribution in [0.4, 0.5) is 0 Å². The van der Waals surface area contributed by atoms with Crippen molar-refractivity contribution in [1.29, 1.82) is 0 Å². The molecule has 9 heteroatoms. The Kier molecular flexibility index (Phi) is 7.09. The zero-order valence-corrected chi connectivity index (χ0v) is 19.8. The molecule has 2 aliphatic rings. The molecule has 0 saturated carbocycles. The Morgan fingerprint density at radius 3 is 2.39 bits per heavy atom. The van der Waals surface area contributed by atoms with Gasteiger partial charge in [0.05, 0.1) is 17.6 Å². The Labute approximate surface area is 194 Å². The number of amides is 1. The van der Waals surface area contributed by atoms with E-state index in [4.69, 9.17) is 14.2 Å². The van der Waals surface area contributed by atoms with Crippen LogP contribution in [0, 0.1) is 0 Å². The molecule has 8 nitrogen and oxygen atoms in total. The van der Waals surface area contributed by atoms with Gasteiger partial charge in [0.2, 0.25) is 10.0 Å². The number of fused-ring (bicyclic) bond motifs is 1. The number of carbonyl (C=O) groups excluding carboxylic acids is 1. The van der Waals surface area contributed by atoms with Crippen LogP contribution in [0.5, 0.6) is 17.2 Å². The molecular formula is C24H30N2O6S. The largest absolute Gasteiger partial charge is 0.496 e. The van der Waals surface area contributed by atoms with Crippen LogP contribution in [0.25, 0.3) is 0 Å². The minimum Gasteiger partial charge on any atom is -0.496 e. The number of carbonyl (C=O) groups is 1. The lowest BCUT2D eigenvalue weighted by molar-refractivity contribution is 0.0758. The van der Waals surface area contributed by atoms with Crippen molar-refractivity contribution >= 4 is 15.9 Å². The van der Waals surface area contributed by atoms with Gasteiger partial charge in [0.15, 0.2) is 11.5 Å². The molecule has 1 amide bonds. The van der Waals surface area contributed by atoms with Gasteiger partial charge in [-0.2, -0.15) is 0 Å². The van der Waals surface area contributed by atoms with Gasteiger partial charge >= 0.3 is 0 Å². The van der Waals surface area contributed by atoms with Crippen molar-refractivity contribution in [2.45, 2.75) is 43.5 Å². The first-order chi connectivity index (χ1) is 15.9. The molecule has 178 valence electrons. The Balaban J connectivity index is 1.57. The number of methoxy groups -OCH3 is 1.